The Hall–Kier alpha value is -2.65. The second-order valence-electron chi connectivity index (χ2n) is 6.39. The van der Waals surface area contributed by atoms with Gasteiger partial charge < -0.3 is 4.74 Å². The molecular formula is C21H17N2O. The second-order valence-corrected chi connectivity index (χ2v) is 6.39. The van der Waals surface area contributed by atoms with E-state index >= 15 is 0 Å². The van der Waals surface area contributed by atoms with Crippen molar-refractivity contribution in [3.05, 3.63) is 66.0 Å². The lowest BCUT2D eigenvalue weighted by atomic mass is 9.93. The average molecular weight is 313 g/mol. The van der Waals surface area contributed by atoms with E-state index in [4.69, 9.17) is 9.72 Å². The van der Waals surface area contributed by atoms with Crippen LogP contribution in [0.4, 0.5) is 5.69 Å². The number of ether oxygens (including phenoxy) is 1. The zero-order valence-corrected chi connectivity index (χ0v) is 13.3. The summed E-state index contributed by atoms with van der Waals surface area (Å²) in [5.41, 5.74) is 5.55. The van der Waals surface area contributed by atoms with Crippen LogP contribution < -0.4 is 5.32 Å². The molecule has 2 aliphatic heterocycles. The lowest BCUT2D eigenvalue weighted by Gasteiger charge is -2.15. The smallest absolute Gasteiger partial charge is 0.0968 e. The van der Waals surface area contributed by atoms with E-state index in [0.717, 1.165) is 36.6 Å². The van der Waals surface area contributed by atoms with Gasteiger partial charge >= 0.3 is 0 Å². The van der Waals surface area contributed by atoms with Gasteiger partial charge in [-0.1, -0.05) is 36.4 Å². The van der Waals surface area contributed by atoms with Crippen LogP contribution in [-0.2, 0) is 4.74 Å². The van der Waals surface area contributed by atoms with Gasteiger partial charge in [-0.05, 0) is 34.9 Å². The molecule has 117 valence electrons. The van der Waals surface area contributed by atoms with Gasteiger partial charge in [0.1, 0.15) is 0 Å². The van der Waals surface area contributed by atoms with Crippen LogP contribution in [0.15, 0.2) is 54.9 Å². The predicted molar refractivity (Wildman–Crippen MR) is 96.2 cm³/mol. The van der Waals surface area contributed by atoms with E-state index in [1.165, 1.54) is 21.9 Å². The molecule has 0 saturated carbocycles. The summed E-state index contributed by atoms with van der Waals surface area (Å²) >= 11 is 0. The fraction of sp³-hybridized carbons (Fsp3) is 0.190. The molecule has 3 heteroatoms. The molecule has 5 rings (SSSR count). The molecule has 0 N–H and O–H groups in total. The monoisotopic (exact) mass is 313 g/mol. The van der Waals surface area contributed by atoms with Crippen LogP contribution in [0, 0.1) is 0 Å². The molecule has 24 heavy (non-hydrogen) atoms. The number of nitrogens with zero attached hydrogens (tertiary/aromatic N) is 2. The Balaban J connectivity index is 1.64. The summed E-state index contributed by atoms with van der Waals surface area (Å²) in [7, 11) is 0. The van der Waals surface area contributed by atoms with E-state index in [1.807, 2.05) is 12.4 Å². The average Bonchev–Trinajstić information content (AvgIpc) is 3.32. The third-order valence-corrected chi connectivity index (χ3v) is 4.96. The minimum Gasteiger partial charge on any atom is -0.381 e. The van der Waals surface area contributed by atoms with E-state index < -0.39 is 0 Å². The maximum Gasteiger partial charge on any atom is 0.0968 e. The Kier molecular flexibility index (Phi) is 3.13. The van der Waals surface area contributed by atoms with Crippen molar-refractivity contribution < 1.29 is 4.74 Å². The molecule has 1 radical (unpaired) electrons. The van der Waals surface area contributed by atoms with Crippen molar-refractivity contribution in [2.45, 2.75) is 12.3 Å². The van der Waals surface area contributed by atoms with Crippen LogP contribution in [0.25, 0.3) is 28.1 Å². The van der Waals surface area contributed by atoms with E-state index in [2.05, 4.69) is 53.9 Å². The van der Waals surface area contributed by atoms with Crippen LogP contribution in [0.3, 0.4) is 0 Å². The molecule has 0 bridgehead atoms. The SMILES string of the molecule is C1=Cc2c(C3CCOC3)cnc(-c3ccc4ccccc4c3)c2[N]1. The molecule has 0 aliphatic carbocycles. The molecule has 3 aromatic rings. The number of hydrogen-bond donors (Lipinski definition) is 0. The molecule has 1 saturated heterocycles. The van der Waals surface area contributed by atoms with Gasteiger partial charge in [-0.25, -0.2) is 0 Å². The first-order valence-electron chi connectivity index (χ1n) is 8.37. The highest BCUT2D eigenvalue weighted by atomic mass is 16.5. The van der Waals surface area contributed by atoms with E-state index in [1.54, 1.807) is 0 Å². The van der Waals surface area contributed by atoms with E-state index in [9.17, 15) is 0 Å². The Bertz CT molecular complexity index is 955. The maximum atomic E-state index is 5.55. The van der Waals surface area contributed by atoms with Gasteiger partial charge in [-0.2, -0.15) is 0 Å². The summed E-state index contributed by atoms with van der Waals surface area (Å²) in [6.45, 7) is 1.63. The Morgan fingerprint density at radius 3 is 2.83 bits per heavy atom. The lowest BCUT2D eigenvalue weighted by molar-refractivity contribution is 0.194. The fourth-order valence-electron chi connectivity index (χ4n) is 3.67. The van der Waals surface area contributed by atoms with Crippen LogP contribution in [-0.4, -0.2) is 18.2 Å². The first-order chi connectivity index (χ1) is 11.9. The van der Waals surface area contributed by atoms with Gasteiger partial charge in [0.25, 0.3) is 0 Å². The molecule has 1 aromatic heterocycles. The third kappa shape index (κ3) is 2.13. The van der Waals surface area contributed by atoms with Crippen molar-refractivity contribution >= 4 is 22.5 Å². The first kappa shape index (κ1) is 13.8. The molecule has 3 heterocycles. The first-order valence-corrected chi connectivity index (χ1v) is 8.37. The highest BCUT2D eigenvalue weighted by Crippen LogP contribution is 2.40. The van der Waals surface area contributed by atoms with Crippen LogP contribution >= 0.6 is 0 Å². The Labute approximate surface area is 141 Å². The number of rotatable bonds is 2. The van der Waals surface area contributed by atoms with Gasteiger partial charge in [0.05, 0.1) is 18.0 Å². The summed E-state index contributed by atoms with van der Waals surface area (Å²) < 4.78 is 5.55. The Morgan fingerprint density at radius 1 is 1.04 bits per heavy atom. The highest BCUT2D eigenvalue weighted by Gasteiger charge is 2.25. The molecule has 0 spiro atoms. The number of benzene rings is 2. The summed E-state index contributed by atoms with van der Waals surface area (Å²) in [5, 5.41) is 7.07. The van der Waals surface area contributed by atoms with Gasteiger partial charge in [-0.3, -0.25) is 10.3 Å². The standard InChI is InChI=1S/C21H17N2O/c1-2-4-15-11-16(6-5-14(15)3-1)20-21-18(7-9-22-21)19(12-23-20)17-8-10-24-13-17/h1-7,9,11-12,17H,8,10,13H2. The quantitative estimate of drug-likeness (QED) is 0.692. The molecule has 2 aliphatic rings. The van der Waals surface area contributed by atoms with Crippen LogP contribution in [0.2, 0.25) is 0 Å². The zero-order chi connectivity index (χ0) is 15.9. The van der Waals surface area contributed by atoms with Gasteiger partial charge in [-0.15, -0.1) is 0 Å². The lowest BCUT2D eigenvalue weighted by Crippen LogP contribution is -2.03. The second kappa shape index (κ2) is 5.46. The number of hydrogen-bond acceptors (Lipinski definition) is 2. The topological polar surface area (TPSA) is 36.2 Å². The van der Waals surface area contributed by atoms with Gasteiger partial charge in [0, 0.05) is 36.0 Å². The zero-order valence-electron chi connectivity index (χ0n) is 13.3. The minimum absolute atomic E-state index is 0.440. The predicted octanol–water partition coefficient (Wildman–Crippen LogP) is 4.63. The maximum absolute atomic E-state index is 5.55. The van der Waals surface area contributed by atoms with E-state index in [-0.39, 0.29) is 0 Å². The van der Waals surface area contributed by atoms with Crippen LogP contribution in [0.5, 0.6) is 0 Å². The molecule has 3 nitrogen and oxygen atoms in total. The van der Waals surface area contributed by atoms with Crippen molar-refractivity contribution in [1.82, 2.24) is 10.3 Å². The summed E-state index contributed by atoms with van der Waals surface area (Å²) in [4.78, 5) is 4.78. The number of pyridine rings is 1. The van der Waals surface area contributed by atoms with Crippen molar-refractivity contribution in [2.75, 3.05) is 13.2 Å². The minimum atomic E-state index is 0.440. The molecule has 2 aromatic carbocycles. The third-order valence-electron chi connectivity index (χ3n) is 4.96. The van der Waals surface area contributed by atoms with Crippen molar-refractivity contribution in [2.24, 2.45) is 0 Å². The fourth-order valence-corrected chi connectivity index (χ4v) is 3.67. The Morgan fingerprint density at radius 2 is 1.96 bits per heavy atom. The van der Waals surface area contributed by atoms with Crippen molar-refractivity contribution in [1.29, 1.82) is 0 Å². The van der Waals surface area contributed by atoms with Gasteiger partial charge in [0.2, 0.25) is 0 Å². The summed E-state index contributed by atoms with van der Waals surface area (Å²) in [5.74, 6) is 0.440. The van der Waals surface area contributed by atoms with Crippen LogP contribution in [0.1, 0.15) is 23.5 Å². The van der Waals surface area contributed by atoms with E-state index in [0.29, 0.717) is 5.92 Å². The molecule has 1 atom stereocenters. The normalized spacial score (nSPS) is 18.8. The number of aromatic nitrogens is 1. The molecule has 0 amide bonds. The van der Waals surface area contributed by atoms with Gasteiger partial charge in [0.15, 0.2) is 0 Å². The van der Waals surface area contributed by atoms with Crippen molar-refractivity contribution in [3.8, 4) is 11.3 Å². The summed E-state index contributed by atoms with van der Waals surface area (Å²) in [6.07, 6.45) is 7.08. The summed E-state index contributed by atoms with van der Waals surface area (Å²) in [6, 6.07) is 14.9. The molecular weight excluding hydrogens is 296 g/mol. The molecule has 1 unspecified atom stereocenters. The highest BCUT2D eigenvalue weighted by molar-refractivity contribution is 5.90. The largest absolute Gasteiger partial charge is 0.381 e. The molecule has 1 fully saturated rings. The van der Waals surface area contributed by atoms with Crippen molar-refractivity contribution in [3.63, 3.8) is 0 Å². The number of fused-ring (bicyclic) bond motifs is 2.